The molecule has 0 fully saturated rings. The van der Waals surface area contributed by atoms with Gasteiger partial charge in [0.1, 0.15) is 0 Å². The molecule has 2 N–H and O–H groups in total. The van der Waals surface area contributed by atoms with Crippen molar-refractivity contribution in [2.45, 2.75) is 32.9 Å². The molecule has 0 aliphatic rings. The molecule has 0 bridgehead atoms. The second kappa shape index (κ2) is 6.11. The van der Waals surface area contributed by atoms with Gasteiger partial charge in [0.2, 0.25) is 0 Å². The monoisotopic (exact) mass is 227 g/mol. The van der Waals surface area contributed by atoms with Gasteiger partial charge in [-0.05, 0) is 36.6 Å². The van der Waals surface area contributed by atoms with Crippen LogP contribution in [0.25, 0.3) is 0 Å². The average Bonchev–Trinajstić information content (AvgIpc) is 2.21. The summed E-state index contributed by atoms with van der Waals surface area (Å²) in [5.74, 6) is 0. The van der Waals surface area contributed by atoms with Crippen molar-refractivity contribution in [3.63, 3.8) is 0 Å². The van der Waals surface area contributed by atoms with Crippen molar-refractivity contribution >= 4 is 11.6 Å². The third kappa shape index (κ3) is 4.20. The summed E-state index contributed by atoms with van der Waals surface area (Å²) in [6.45, 7) is 5.43. The molecule has 0 spiro atoms. The summed E-state index contributed by atoms with van der Waals surface area (Å²) in [4.78, 5) is 0. The molecule has 0 radical (unpaired) electrons. The summed E-state index contributed by atoms with van der Waals surface area (Å²) in [5.41, 5.74) is 2.41. The highest BCUT2D eigenvalue weighted by atomic mass is 35.5. The van der Waals surface area contributed by atoms with Crippen molar-refractivity contribution in [2.24, 2.45) is 0 Å². The zero-order valence-electron chi connectivity index (χ0n) is 9.26. The lowest BCUT2D eigenvalue weighted by Gasteiger charge is -2.11. The largest absolute Gasteiger partial charge is 0.392 e. The SMILES string of the molecule is CCC(O)CNCc1ccc(Cl)cc1C. The van der Waals surface area contributed by atoms with Crippen LogP contribution in [-0.4, -0.2) is 17.8 Å². The second-order valence-corrected chi connectivity index (χ2v) is 4.20. The van der Waals surface area contributed by atoms with E-state index in [9.17, 15) is 5.11 Å². The third-order valence-electron chi connectivity index (χ3n) is 2.47. The van der Waals surface area contributed by atoms with Gasteiger partial charge in [0, 0.05) is 18.1 Å². The number of aliphatic hydroxyl groups excluding tert-OH is 1. The molecule has 0 saturated heterocycles. The fourth-order valence-electron chi connectivity index (χ4n) is 1.38. The Balaban J connectivity index is 2.44. The van der Waals surface area contributed by atoms with E-state index in [1.165, 1.54) is 11.1 Å². The summed E-state index contributed by atoms with van der Waals surface area (Å²) in [6, 6.07) is 5.86. The van der Waals surface area contributed by atoms with E-state index in [1.54, 1.807) is 0 Å². The Bertz CT molecular complexity index is 314. The number of halogens is 1. The molecule has 0 aliphatic heterocycles. The molecule has 0 aliphatic carbocycles. The van der Waals surface area contributed by atoms with Gasteiger partial charge in [-0.15, -0.1) is 0 Å². The lowest BCUT2D eigenvalue weighted by atomic mass is 10.1. The minimum atomic E-state index is -0.252. The Morgan fingerprint density at radius 1 is 1.47 bits per heavy atom. The fourth-order valence-corrected chi connectivity index (χ4v) is 1.60. The number of nitrogens with one attached hydrogen (secondary N) is 1. The first-order chi connectivity index (χ1) is 7.13. The lowest BCUT2D eigenvalue weighted by molar-refractivity contribution is 0.167. The Hall–Kier alpha value is -0.570. The zero-order valence-corrected chi connectivity index (χ0v) is 10.0. The van der Waals surface area contributed by atoms with Gasteiger partial charge in [-0.3, -0.25) is 0 Å². The van der Waals surface area contributed by atoms with E-state index in [-0.39, 0.29) is 6.10 Å². The zero-order chi connectivity index (χ0) is 11.3. The van der Waals surface area contributed by atoms with Crippen LogP contribution in [0.3, 0.4) is 0 Å². The van der Waals surface area contributed by atoms with Crippen molar-refractivity contribution in [1.29, 1.82) is 0 Å². The van der Waals surface area contributed by atoms with Crippen molar-refractivity contribution < 1.29 is 5.11 Å². The van der Waals surface area contributed by atoms with Crippen molar-refractivity contribution in [2.75, 3.05) is 6.54 Å². The Morgan fingerprint density at radius 2 is 2.20 bits per heavy atom. The molecular weight excluding hydrogens is 210 g/mol. The minimum Gasteiger partial charge on any atom is -0.392 e. The van der Waals surface area contributed by atoms with Crippen LogP contribution in [0.4, 0.5) is 0 Å². The molecule has 1 aromatic rings. The number of hydrogen-bond acceptors (Lipinski definition) is 2. The molecule has 0 heterocycles. The molecule has 1 aromatic carbocycles. The van der Waals surface area contributed by atoms with E-state index < -0.39 is 0 Å². The van der Waals surface area contributed by atoms with Crippen LogP contribution in [0, 0.1) is 6.92 Å². The molecule has 0 saturated carbocycles. The fraction of sp³-hybridized carbons (Fsp3) is 0.500. The van der Waals surface area contributed by atoms with E-state index in [4.69, 9.17) is 11.6 Å². The number of hydrogen-bond donors (Lipinski definition) is 2. The molecule has 84 valence electrons. The van der Waals surface area contributed by atoms with E-state index in [2.05, 4.69) is 5.32 Å². The van der Waals surface area contributed by atoms with Gasteiger partial charge in [0.05, 0.1) is 6.10 Å². The van der Waals surface area contributed by atoms with Crippen LogP contribution in [0.2, 0.25) is 5.02 Å². The van der Waals surface area contributed by atoms with Gasteiger partial charge in [0.25, 0.3) is 0 Å². The first kappa shape index (κ1) is 12.5. The Labute approximate surface area is 96.3 Å². The van der Waals surface area contributed by atoms with E-state index >= 15 is 0 Å². The third-order valence-corrected chi connectivity index (χ3v) is 2.71. The Kier molecular flexibility index (Phi) is 5.09. The van der Waals surface area contributed by atoms with Gasteiger partial charge in [-0.1, -0.05) is 24.6 Å². The second-order valence-electron chi connectivity index (χ2n) is 3.76. The molecule has 0 amide bonds. The van der Waals surface area contributed by atoms with Crippen LogP contribution >= 0.6 is 11.6 Å². The first-order valence-corrected chi connectivity index (χ1v) is 5.65. The minimum absolute atomic E-state index is 0.252. The predicted octanol–water partition coefficient (Wildman–Crippen LogP) is 2.51. The number of rotatable bonds is 5. The first-order valence-electron chi connectivity index (χ1n) is 5.27. The molecule has 2 nitrogen and oxygen atoms in total. The summed E-state index contributed by atoms with van der Waals surface area (Å²) < 4.78 is 0. The molecule has 0 aromatic heterocycles. The highest BCUT2D eigenvalue weighted by Crippen LogP contribution is 2.14. The smallest absolute Gasteiger partial charge is 0.0662 e. The summed E-state index contributed by atoms with van der Waals surface area (Å²) in [5, 5.41) is 13.4. The van der Waals surface area contributed by atoms with Crippen LogP contribution in [0.1, 0.15) is 24.5 Å². The van der Waals surface area contributed by atoms with E-state index in [0.717, 1.165) is 18.0 Å². The van der Waals surface area contributed by atoms with E-state index in [0.29, 0.717) is 6.54 Å². The molecule has 3 heteroatoms. The standard InChI is InChI=1S/C12H18ClNO/c1-3-12(15)8-14-7-10-4-5-11(13)6-9(10)2/h4-6,12,14-15H,3,7-8H2,1-2H3. The molecule has 1 unspecified atom stereocenters. The highest BCUT2D eigenvalue weighted by Gasteiger charge is 2.01. The Morgan fingerprint density at radius 3 is 2.80 bits per heavy atom. The summed E-state index contributed by atoms with van der Waals surface area (Å²) in [6.07, 6.45) is 0.532. The van der Waals surface area contributed by atoms with Gasteiger partial charge in [-0.2, -0.15) is 0 Å². The summed E-state index contributed by atoms with van der Waals surface area (Å²) in [7, 11) is 0. The van der Waals surface area contributed by atoms with Gasteiger partial charge >= 0.3 is 0 Å². The topological polar surface area (TPSA) is 32.3 Å². The molecule has 1 rings (SSSR count). The van der Waals surface area contributed by atoms with Gasteiger partial charge in [0.15, 0.2) is 0 Å². The maximum absolute atomic E-state index is 9.37. The molecule has 1 atom stereocenters. The maximum atomic E-state index is 9.37. The predicted molar refractivity (Wildman–Crippen MR) is 64.2 cm³/mol. The van der Waals surface area contributed by atoms with Crippen LogP contribution in [0.15, 0.2) is 18.2 Å². The van der Waals surface area contributed by atoms with Crippen molar-refractivity contribution in [1.82, 2.24) is 5.32 Å². The van der Waals surface area contributed by atoms with E-state index in [1.807, 2.05) is 32.0 Å². The van der Waals surface area contributed by atoms with Gasteiger partial charge in [-0.25, -0.2) is 0 Å². The molecular formula is C12H18ClNO. The summed E-state index contributed by atoms with van der Waals surface area (Å²) >= 11 is 5.86. The van der Waals surface area contributed by atoms with Crippen LogP contribution in [0.5, 0.6) is 0 Å². The van der Waals surface area contributed by atoms with Crippen molar-refractivity contribution in [3.05, 3.63) is 34.3 Å². The van der Waals surface area contributed by atoms with Crippen molar-refractivity contribution in [3.8, 4) is 0 Å². The number of aryl methyl sites for hydroxylation is 1. The van der Waals surface area contributed by atoms with Gasteiger partial charge < -0.3 is 10.4 Å². The quantitative estimate of drug-likeness (QED) is 0.810. The maximum Gasteiger partial charge on any atom is 0.0662 e. The number of benzene rings is 1. The normalized spacial score (nSPS) is 12.8. The lowest BCUT2D eigenvalue weighted by Crippen LogP contribution is -2.25. The molecule has 15 heavy (non-hydrogen) atoms. The number of aliphatic hydroxyl groups is 1. The highest BCUT2D eigenvalue weighted by molar-refractivity contribution is 6.30. The van der Waals surface area contributed by atoms with Crippen LogP contribution < -0.4 is 5.32 Å². The average molecular weight is 228 g/mol. The van der Waals surface area contributed by atoms with Crippen LogP contribution in [-0.2, 0) is 6.54 Å².